The van der Waals surface area contributed by atoms with Crippen molar-refractivity contribution in [3.8, 4) is 12.3 Å². The van der Waals surface area contributed by atoms with E-state index in [1.807, 2.05) is 30.3 Å². The van der Waals surface area contributed by atoms with Crippen molar-refractivity contribution in [1.29, 1.82) is 0 Å². The number of benzene rings is 1. The molecule has 0 N–H and O–H groups in total. The van der Waals surface area contributed by atoms with Crippen LogP contribution in [0.25, 0.3) is 0 Å². The van der Waals surface area contributed by atoms with Gasteiger partial charge in [0.25, 0.3) is 0 Å². The number of nitrogens with zero attached hydrogens (tertiary/aromatic N) is 1. The Morgan fingerprint density at radius 3 is 2.45 bits per heavy atom. The maximum atomic E-state index is 5.23. The predicted octanol–water partition coefficient (Wildman–Crippen LogP) is 1.74. The fourth-order valence-electron chi connectivity index (χ4n) is 0.873. The Kier molecular flexibility index (Phi) is 2.46. The highest BCUT2D eigenvalue weighted by Gasteiger charge is 1.94. The monoisotopic (exact) mass is 143 g/mol. The second kappa shape index (κ2) is 3.58. The Hall–Kier alpha value is -1.55. The van der Waals surface area contributed by atoms with Crippen molar-refractivity contribution < 1.29 is 0 Å². The molecule has 1 rings (SSSR count). The van der Waals surface area contributed by atoms with Gasteiger partial charge >= 0.3 is 0 Å². The Morgan fingerprint density at radius 2 is 2.00 bits per heavy atom. The summed E-state index contributed by atoms with van der Waals surface area (Å²) < 4.78 is 0. The van der Waals surface area contributed by atoms with Crippen molar-refractivity contribution in [2.45, 2.75) is 0 Å². The summed E-state index contributed by atoms with van der Waals surface area (Å²) in [5, 5.41) is 0. The molecule has 11 heavy (non-hydrogen) atoms. The summed E-state index contributed by atoms with van der Waals surface area (Å²) in [6.45, 7) is 0. The lowest BCUT2D eigenvalue weighted by molar-refractivity contribution is 1.44. The Labute approximate surface area is 66.8 Å². The van der Waals surface area contributed by atoms with Gasteiger partial charge in [0, 0.05) is 12.6 Å². The molecule has 0 amide bonds. The number of hydrogen-bond acceptors (Lipinski definition) is 1. The molecule has 0 bridgehead atoms. The van der Waals surface area contributed by atoms with Crippen molar-refractivity contribution in [3.63, 3.8) is 0 Å². The summed E-state index contributed by atoms with van der Waals surface area (Å²) in [5.74, 6) is 2.52. The molecule has 1 heteroatoms. The highest BCUT2D eigenvalue weighted by atomic mass is 14.7. The van der Waals surface area contributed by atoms with E-state index >= 15 is 0 Å². The highest BCUT2D eigenvalue weighted by molar-refractivity contribution is 6.12. The first-order valence-corrected chi connectivity index (χ1v) is 3.37. The molecule has 0 radical (unpaired) electrons. The Balaban J connectivity index is 3.05. The average Bonchev–Trinajstić information content (AvgIpc) is 2.09. The van der Waals surface area contributed by atoms with E-state index in [4.69, 9.17) is 6.42 Å². The molecule has 0 saturated heterocycles. The lowest BCUT2D eigenvalue weighted by atomic mass is 10.1. The second-order valence-electron chi connectivity index (χ2n) is 2.08. The number of aliphatic imine (C=N–C) groups is 1. The molecule has 0 spiro atoms. The summed E-state index contributed by atoms with van der Waals surface area (Å²) in [7, 11) is 1.70. The molecule has 0 aliphatic carbocycles. The standard InChI is InChI=1S/C10H9N/c1-3-10(11-2)9-7-5-4-6-8-9/h1,4-8H,2H3. The molecular weight excluding hydrogens is 134 g/mol. The Bertz CT molecular complexity index is 290. The zero-order valence-electron chi connectivity index (χ0n) is 6.41. The number of hydrogen-bond donors (Lipinski definition) is 0. The minimum Gasteiger partial charge on any atom is -0.279 e. The molecule has 0 unspecified atom stereocenters. The van der Waals surface area contributed by atoms with Gasteiger partial charge in [-0.3, -0.25) is 4.99 Å². The second-order valence-corrected chi connectivity index (χ2v) is 2.08. The molecule has 0 heterocycles. The zero-order valence-corrected chi connectivity index (χ0v) is 6.41. The number of rotatable bonds is 1. The third-order valence-electron chi connectivity index (χ3n) is 1.41. The van der Waals surface area contributed by atoms with Crippen LogP contribution in [-0.2, 0) is 0 Å². The van der Waals surface area contributed by atoms with Gasteiger partial charge in [-0.2, -0.15) is 0 Å². The SMILES string of the molecule is C#CC(=NC)c1ccccc1. The summed E-state index contributed by atoms with van der Waals surface area (Å²) in [6, 6.07) is 9.73. The van der Waals surface area contributed by atoms with Crippen LogP contribution in [0.15, 0.2) is 35.3 Å². The molecule has 0 fully saturated rings. The van der Waals surface area contributed by atoms with E-state index in [0.717, 1.165) is 5.56 Å². The smallest absolute Gasteiger partial charge is 0.114 e. The van der Waals surface area contributed by atoms with Gasteiger partial charge in [0.15, 0.2) is 0 Å². The topological polar surface area (TPSA) is 12.4 Å². The molecule has 0 atom stereocenters. The lowest BCUT2D eigenvalue weighted by Crippen LogP contribution is -1.95. The third-order valence-corrected chi connectivity index (χ3v) is 1.41. The van der Waals surface area contributed by atoms with Crippen molar-refractivity contribution in [2.75, 3.05) is 7.05 Å². The largest absolute Gasteiger partial charge is 0.279 e. The van der Waals surface area contributed by atoms with Crippen LogP contribution in [0.2, 0.25) is 0 Å². The minimum atomic E-state index is 0.700. The first-order valence-electron chi connectivity index (χ1n) is 3.37. The normalized spacial score (nSPS) is 10.7. The van der Waals surface area contributed by atoms with Gasteiger partial charge in [-0.15, -0.1) is 6.42 Å². The van der Waals surface area contributed by atoms with Crippen molar-refractivity contribution in [2.24, 2.45) is 4.99 Å². The number of terminal acetylenes is 1. The molecule has 0 saturated carbocycles. The van der Waals surface area contributed by atoms with E-state index in [1.54, 1.807) is 7.05 Å². The molecule has 0 aromatic heterocycles. The van der Waals surface area contributed by atoms with Gasteiger partial charge in [0.1, 0.15) is 5.71 Å². The summed E-state index contributed by atoms with van der Waals surface area (Å²) >= 11 is 0. The summed E-state index contributed by atoms with van der Waals surface area (Å²) in [6.07, 6.45) is 5.23. The van der Waals surface area contributed by atoms with Gasteiger partial charge in [-0.25, -0.2) is 0 Å². The zero-order chi connectivity index (χ0) is 8.10. The van der Waals surface area contributed by atoms with Crippen molar-refractivity contribution in [3.05, 3.63) is 35.9 Å². The van der Waals surface area contributed by atoms with E-state index in [-0.39, 0.29) is 0 Å². The minimum absolute atomic E-state index is 0.700. The molecule has 1 aromatic rings. The summed E-state index contributed by atoms with van der Waals surface area (Å²) in [4.78, 5) is 3.96. The van der Waals surface area contributed by atoms with Crippen LogP contribution in [0.5, 0.6) is 0 Å². The van der Waals surface area contributed by atoms with Crippen molar-refractivity contribution in [1.82, 2.24) is 0 Å². The van der Waals surface area contributed by atoms with Crippen LogP contribution in [-0.4, -0.2) is 12.8 Å². The van der Waals surface area contributed by atoms with Gasteiger partial charge in [-0.05, 0) is 0 Å². The van der Waals surface area contributed by atoms with Crippen LogP contribution in [0.4, 0.5) is 0 Å². The van der Waals surface area contributed by atoms with Gasteiger partial charge in [0.2, 0.25) is 0 Å². The molecule has 1 nitrogen and oxygen atoms in total. The molecule has 1 aromatic carbocycles. The van der Waals surface area contributed by atoms with Gasteiger partial charge in [0.05, 0.1) is 0 Å². The van der Waals surface area contributed by atoms with E-state index in [1.165, 1.54) is 0 Å². The maximum Gasteiger partial charge on any atom is 0.114 e. The maximum absolute atomic E-state index is 5.23. The van der Waals surface area contributed by atoms with Crippen LogP contribution in [0.3, 0.4) is 0 Å². The van der Waals surface area contributed by atoms with E-state index in [0.29, 0.717) is 5.71 Å². The summed E-state index contributed by atoms with van der Waals surface area (Å²) in [5.41, 5.74) is 1.70. The Morgan fingerprint density at radius 1 is 1.36 bits per heavy atom. The van der Waals surface area contributed by atoms with Crippen LogP contribution < -0.4 is 0 Å². The van der Waals surface area contributed by atoms with Crippen LogP contribution >= 0.6 is 0 Å². The molecular formula is C10H9N. The van der Waals surface area contributed by atoms with Crippen LogP contribution in [0, 0.1) is 12.3 Å². The fourth-order valence-corrected chi connectivity index (χ4v) is 0.873. The van der Waals surface area contributed by atoms with E-state index in [2.05, 4.69) is 10.9 Å². The van der Waals surface area contributed by atoms with E-state index < -0.39 is 0 Å². The van der Waals surface area contributed by atoms with Crippen LogP contribution in [0.1, 0.15) is 5.56 Å². The lowest BCUT2D eigenvalue weighted by Gasteiger charge is -1.95. The molecule has 0 aliphatic rings. The first kappa shape index (κ1) is 7.56. The average molecular weight is 143 g/mol. The quantitative estimate of drug-likeness (QED) is 0.419. The van der Waals surface area contributed by atoms with Gasteiger partial charge in [-0.1, -0.05) is 36.3 Å². The van der Waals surface area contributed by atoms with E-state index in [9.17, 15) is 0 Å². The molecule has 0 aliphatic heterocycles. The third kappa shape index (κ3) is 1.68. The fraction of sp³-hybridized carbons (Fsp3) is 0.100. The van der Waals surface area contributed by atoms with Gasteiger partial charge < -0.3 is 0 Å². The first-order chi connectivity index (χ1) is 5.38. The molecule has 54 valence electrons. The highest BCUT2D eigenvalue weighted by Crippen LogP contribution is 1.99. The predicted molar refractivity (Wildman–Crippen MR) is 47.7 cm³/mol. The van der Waals surface area contributed by atoms with Crippen molar-refractivity contribution >= 4 is 5.71 Å².